The summed E-state index contributed by atoms with van der Waals surface area (Å²) in [6.07, 6.45) is 3.85. The van der Waals surface area contributed by atoms with Crippen molar-refractivity contribution in [1.29, 1.82) is 0 Å². The van der Waals surface area contributed by atoms with Crippen LogP contribution in [0.25, 0.3) is 0 Å². The molecule has 0 spiro atoms. The van der Waals surface area contributed by atoms with Crippen LogP contribution in [-0.4, -0.2) is 35.7 Å². The molecule has 1 aromatic rings. The number of aryl methyl sites for hydroxylation is 1. The predicted octanol–water partition coefficient (Wildman–Crippen LogP) is 1.68. The second-order valence-corrected chi connectivity index (χ2v) is 4.51. The highest BCUT2D eigenvalue weighted by Crippen LogP contribution is 2.19. The fraction of sp³-hybridized carbons (Fsp3) is 0.545. The van der Waals surface area contributed by atoms with Gasteiger partial charge in [0.25, 0.3) is 0 Å². The lowest BCUT2D eigenvalue weighted by molar-refractivity contribution is 0.281. The van der Waals surface area contributed by atoms with E-state index in [4.69, 9.17) is 0 Å². The first-order valence-corrected chi connectivity index (χ1v) is 6.35. The number of anilines is 1. The summed E-state index contributed by atoms with van der Waals surface area (Å²) in [5.41, 5.74) is 2.96. The van der Waals surface area contributed by atoms with Gasteiger partial charge >= 0.3 is 0 Å². The number of aromatic nitrogens is 1. The van der Waals surface area contributed by atoms with E-state index in [1.165, 1.54) is 0 Å². The number of pyridine rings is 1. The molecule has 0 radical (unpaired) electrons. The minimum absolute atomic E-state index is 0.0478. The highest BCUT2D eigenvalue weighted by Gasteiger charge is 2.07. The number of aliphatic hydroxyl groups excluding tert-OH is 1. The van der Waals surface area contributed by atoms with E-state index in [2.05, 4.69) is 16.1 Å². The molecule has 0 saturated heterocycles. The van der Waals surface area contributed by atoms with Crippen LogP contribution in [0.15, 0.2) is 12.3 Å². The van der Waals surface area contributed by atoms with Crippen molar-refractivity contribution in [2.24, 2.45) is 0 Å². The maximum Gasteiger partial charge on any atom is 0.0717 e. The third kappa shape index (κ3) is 3.39. The van der Waals surface area contributed by atoms with E-state index in [-0.39, 0.29) is 6.61 Å². The highest BCUT2D eigenvalue weighted by molar-refractivity contribution is 7.98. The second kappa shape index (κ2) is 5.98. The van der Waals surface area contributed by atoms with Gasteiger partial charge in [0, 0.05) is 42.5 Å². The van der Waals surface area contributed by atoms with Crippen LogP contribution >= 0.6 is 11.8 Å². The van der Waals surface area contributed by atoms with Gasteiger partial charge in [-0.1, -0.05) is 0 Å². The third-order valence-electron chi connectivity index (χ3n) is 2.31. The average Bonchev–Trinajstić information content (AvgIpc) is 2.25. The van der Waals surface area contributed by atoms with Crippen molar-refractivity contribution in [3.63, 3.8) is 0 Å². The summed E-state index contributed by atoms with van der Waals surface area (Å²) in [5, 5.41) is 9.21. The SMILES string of the molecule is CSCCN(C)c1cc(C)ncc1CO. The molecule has 0 unspecified atom stereocenters. The molecule has 0 aliphatic heterocycles. The van der Waals surface area contributed by atoms with E-state index >= 15 is 0 Å². The summed E-state index contributed by atoms with van der Waals surface area (Å²) >= 11 is 1.82. The molecule has 0 fully saturated rings. The Balaban J connectivity index is 2.85. The van der Waals surface area contributed by atoms with Crippen molar-refractivity contribution in [2.45, 2.75) is 13.5 Å². The molecule has 3 nitrogen and oxygen atoms in total. The lowest BCUT2D eigenvalue weighted by Gasteiger charge is -2.21. The van der Waals surface area contributed by atoms with Crippen molar-refractivity contribution >= 4 is 17.4 Å². The van der Waals surface area contributed by atoms with E-state index < -0.39 is 0 Å². The van der Waals surface area contributed by atoms with Crippen LogP contribution in [0.5, 0.6) is 0 Å². The van der Waals surface area contributed by atoms with Crippen LogP contribution in [0, 0.1) is 6.92 Å². The summed E-state index contributed by atoms with van der Waals surface area (Å²) in [5.74, 6) is 1.09. The van der Waals surface area contributed by atoms with E-state index in [0.717, 1.165) is 29.2 Å². The van der Waals surface area contributed by atoms with E-state index in [1.807, 2.05) is 31.8 Å². The molecule has 84 valence electrons. The normalized spacial score (nSPS) is 10.4. The first-order chi connectivity index (χ1) is 7.19. The lowest BCUT2D eigenvalue weighted by Crippen LogP contribution is -2.21. The lowest BCUT2D eigenvalue weighted by atomic mass is 10.2. The van der Waals surface area contributed by atoms with Crippen LogP contribution in [-0.2, 0) is 6.61 Å². The Bertz CT molecular complexity index is 317. The van der Waals surface area contributed by atoms with Crippen LogP contribution in [0.1, 0.15) is 11.3 Å². The number of hydrogen-bond acceptors (Lipinski definition) is 4. The maximum atomic E-state index is 9.21. The van der Waals surface area contributed by atoms with Crippen molar-refractivity contribution in [3.05, 3.63) is 23.5 Å². The fourth-order valence-corrected chi connectivity index (χ4v) is 1.86. The fourth-order valence-electron chi connectivity index (χ4n) is 1.40. The minimum Gasteiger partial charge on any atom is -0.392 e. The van der Waals surface area contributed by atoms with Gasteiger partial charge in [-0.15, -0.1) is 0 Å². The van der Waals surface area contributed by atoms with Gasteiger partial charge in [-0.2, -0.15) is 11.8 Å². The molecule has 15 heavy (non-hydrogen) atoms. The van der Waals surface area contributed by atoms with Crippen LogP contribution in [0.4, 0.5) is 5.69 Å². The molecule has 0 aromatic carbocycles. The van der Waals surface area contributed by atoms with Gasteiger partial charge in [-0.05, 0) is 19.2 Å². The van der Waals surface area contributed by atoms with Crippen molar-refractivity contribution in [2.75, 3.05) is 30.5 Å². The average molecular weight is 226 g/mol. The standard InChI is InChI=1S/C11H18N2OS/c1-9-6-11(10(8-14)7-12-9)13(2)4-5-15-3/h6-7,14H,4-5,8H2,1-3H3. The molecule has 0 saturated carbocycles. The van der Waals surface area contributed by atoms with Crippen LogP contribution in [0.2, 0.25) is 0 Å². The van der Waals surface area contributed by atoms with E-state index in [9.17, 15) is 5.11 Å². The monoisotopic (exact) mass is 226 g/mol. The molecule has 1 rings (SSSR count). The van der Waals surface area contributed by atoms with Gasteiger partial charge in [-0.3, -0.25) is 4.98 Å². The van der Waals surface area contributed by atoms with Gasteiger partial charge in [-0.25, -0.2) is 0 Å². The second-order valence-electron chi connectivity index (χ2n) is 3.53. The minimum atomic E-state index is 0.0478. The predicted molar refractivity (Wildman–Crippen MR) is 66.5 cm³/mol. The highest BCUT2D eigenvalue weighted by atomic mass is 32.2. The zero-order valence-corrected chi connectivity index (χ0v) is 10.3. The van der Waals surface area contributed by atoms with Crippen LogP contribution in [0.3, 0.4) is 0 Å². The number of rotatable bonds is 5. The Morgan fingerprint density at radius 2 is 2.27 bits per heavy atom. The molecule has 0 atom stereocenters. The molecule has 0 aliphatic carbocycles. The molecule has 0 bridgehead atoms. The third-order valence-corrected chi connectivity index (χ3v) is 2.90. The van der Waals surface area contributed by atoms with Gasteiger partial charge < -0.3 is 10.0 Å². The Morgan fingerprint density at radius 3 is 2.87 bits per heavy atom. The molecular formula is C11H18N2OS. The first-order valence-electron chi connectivity index (χ1n) is 4.95. The molecule has 0 amide bonds. The number of aliphatic hydroxyl groups is 1. The number of hydrogen-bond donors (Lipinski definition) is 1. The zero-order valence-electron chi connectivity index (χ0n) is 9.53. The van der Waals surface area contributed by atoms with Gasteiger partial charge in [0.2, 0.25) is 0 Å². The van der Waals surface area contributed by atoms with Gasteiger partial charge in [0.15, 0.2) is 0 Å². The molecule has 4 heteroatoms. The van der Waals surface area contributed by atoms with Crippen molar-refractivity contribution < 1.29 is 5.11 Å². The smallest absolute Gasteiger partial charge is 0.0717 e. The summed E-state index contributed by atoms with van der Waals surface area (Å²) in [6.45, 7) is 3.00. The zero-order chi connectivity index (χ0) is 11.3. The maximum absolute atomic E-state index is 9.21. The largest absolute Gasteiger partial charge is 0.392 e. The Morgan fingerprint density at radius 1 is 1.53 bits per heavy atom. The summed E-state index contributed by atoms with van der Waals surface area (Å²) < 4.78 is 0. The Labute approximate surface area is 95.5 Å². The molecule has 1 N–H and O–H groups in total. The molecule has 1 heterocycles. The molecule has 1 aromatic heterocycles. The number of thioether (sulfide) groups is 1. The summed E-state index contributed by atoms with van der Waals surface area (Å²) in [4.78, 5) is 6.34. The topological polar surface area (TPSA) is 36.4 Å². The van der Waals surface area contributed by atoms with E-state index in [1.54, 1.807) is 6.20 Å². The van der Waals surface area contributed by atoms with Gasteiger partial charge in [0.1, 0.15) is 0 Å². The molecule has 0 aliphatic rings. The van der Waals surface area contributed by atoms with Crippen LogP contribution < -0.4 is 4.90 Å². The summed E-state index contributed by atoms with van der Waals surface area (Å²) in [7, 11) is 2.05. The Kier molecular flexibility index (Phi) is 4.91. The number of nitrogens with zero attached hydrogens (tertiary/aromatic N) is 2. The first kappa shape index (κ1) is 12.3. The molecular weight excluding hydrogens is 208 g/mol. The Hall–Kier alpha value is -0.740. The van der Waals surface area contributed by atoms with E-state index in [0.29, 0.717) is 0 Å². The van der Waals surface area contributed by atoms with Crippen molar-refractivity contribution in [1.82, 2.24) is 4.98 Å². The van der Waals surface area contributed by atoms with Crippen molar-refractivity contribution in [3.8, 4) is 0 Å². The quantitative estimate of drug-likeness (QED) is 0.829. The summed E-state index contributed by atoms with van der Waals surface area (Å²) in [6, 6.07) is 2.02. The van der Waals surface area contributed by atoms with Gasteiger partial charge in [0.05, 0.1) is 6.61 Å².